The van der Waals surface area contributed by atoms with Crippen molar-refractivity contribution in [3.05, 3.63) is 33.6 Å². The molecule has 15 heavy (non-hydrogen) atoms. The van der Waals surface area contributed by atoms with Crippen molar-refractivity contribution in [2.75, 3.05) is 0 Å². The van der Waals surface area contributed by atoms with Crippen molar-refractivity contribution >= 4 is 23.2 Å². The summed E-state index contributed by atoms with van der Waals surface area (Å²) in [5, 5.41) is -0.851. The van der Waals surface area contributed by atoms with E-state index in [1.807, 2.05) is 0 Å². The fraction of sp³-hybridized carbons (Fsp3) is 0.250. The Morgan fingerprint density at radius 2 is 1.73 bits per heavy atom. The zero-order valence-electron chi connectivity index (χ0n) is 7.08. The van der Waals surface area contributed by atoms with Crippen LogP contribution in [-0.2, 0) is 0 Å². The third-order valence-corrected chi connectivity index (χ3v) is 2.33. The van der Waals surface area contributed by atoms with E-state index in [1.54, 1.807) is 0 Å². The number of nitrogens with two attached hydrogens (primary N) is 1. The lowest BCUT2D eigenvalue weighted by Crippen LogP contribution is -2.28. The van der Waals surface area contributed by atoms with Crippen molar-refractivity contribution < 1.29 is 17.6 Å². The van der Waals surface area contributed by atoms with Crippen LogP contribution < -0.4 is 5.73 Å². The third-order valence-electron chi connectivity index (χ3n) is 1.71. The topological polar surface area (TPSA) is 26.0 Å². The Morgan fingerprint density at radius 1 is 1.20 bits per heavy atom. The SMILES string of the molecule is N[C@H](c1cc(Cl)cc(F)c1Cl)C(F)(F)F. The molecule has 1 rings (SSSR count). The molecule has 0 heterocycles. The van der Waals surface area contributed by atoms with Crippen LogP contribution in [-0.4, -0.2) is 6.18 Å². The van der Waals surface area contributed by atoms with Gasteiger partial charge in [-0.05, 0) is 12.1 Å². The summed E-state index contributed by atoms with van der Waals surface area (Å²) >= 11 is 10.7. The molecule has 0 saturated heterocycles. The summed E-state index contributed by atoms with van der Waals surface area (Å²) in [7, 11) is 0. The van der Waals surface area contributed by atoms with Crippen LogP contribution in [0.15, 0.2) is 12.1 Å². The van der Waals surface area contributed by atoms with Crippen LogP contribution in [0.5, 0.6) is 0 Å². The first-order valence-electron chi connectivity index (χ1n) is 3.70. The number of hydrogen-bond donors (Lipinski definition) is 1. The highest BCUT2D eigenvalue weighted by Gasteiger charge is 2.39. The summed E-state index contributed by atoms with van der Waals surface area (Å²) < 4.78 is 49.6. The molecule has 0 saturated carbocycles. The average molecular weight is 262 g/mol. The second-order valence-corrected chi connectivity index (χ2v) is 3.62. The van der Waals surface area contributed by atoms with Crippen molar-refractivity contribution in [2.24, 2.45) is 5.73 Å². The van der Waals surface area contributed by atoms with Gasteiger partial charge in [0.2, 0.25) is 0 Å². The third kappa shape index (κ3) is 2.74. The van der Waals surface area contributed by atoms with Gasteiger partial charge in [-0.15, -0.1) is 0 Å². The van der Waals surface area contributed by atoms with Gasteiger partial charge in [-0.3, -0.25) is 0 Å². The van der Waals surface area contributed by atoms with Crippen molar-refractivity contribution in [3.8, 4) is 0 Å². The van der Waals surface area contributed by atoms with Crippen molar-refractivity contribution in [3.63, 3.8) is 0 Å². The molecule has 0 bridgehead atoms. The van der Waals surface area contributed by atoms with Crippen LogP contribution in [0.3, 0.4) is 0 Å². The van der Waals surface area contributed by atoms with E-state index in [9.17, 15) is 17.6 Å². The highest BCUT2D eigenvalue weighted by molar-refractivity contribution is 6.33. The van der Waals surface area contributed by atoms with Crippen LogP contribution in [0.4, 0.5) is 17.6 Å². The molecule has 1 aromatic carbocycles. The summed E-state index contributed by atoms with van der Waals surface area (Å²) in [6.07, 6.45) is -4.69. The molecule has 0 radical (unpaired) electrons. The molecule has 1 nitrogen and oxygen atoms in total. The molecule has 0 aliphatic carbocycles. The molecule has 1 atom stereocenters. The molecule has 0 amide bonds. The molecule has 0 spiro atoms. The summed E-state index contributed by atoms with van der Waals surface area (Å²) in [6.45, 7) is 0. The highest BCUT2D eigenvalue weighted by Crippen LogP contribution is 2.36. The number of rotatable bonds is 1. The molecule has 2 N–H and O–H groups in total. The molecule has 84 valence electrons. The van der Waals surface area contributed by atoms with E-state index in [0.29, 0.717) is 0 Å². The number of benzene rings is 1. The number of halogens is 6. The van der Waals surface area contributed by atoms with Crippen LogP contribution in [0.1, 0.15) is 11.6 Å². The lowest BCUT2D eigenvalue weighted by molar-refractivity contribution is -0.149. The van der Waals surface area contributed by atoms with E-state index in [0.717, 1.165) is 12.1 Å². The smallest absolute Gasteiger partial charge is 0.316 e. The summed E-state index contributed by atoms with van der Waals surface area (Å²) in [6, 6.07) is -0.639. The second kappa shape index (κ2) is 4.15. The molecule has 0 aliphatic rings. The standard InChI is InChI=1S/C8H5Cl2F4N/c9-3-1-4(6(10)5(11)2-3)7(15)8(12,13)14/h1-2,7H,15H2/t7-/m1/s1. The van der Waals surface area contributed by atoms with Gasteiger partial charge in [0.25, 0.3) is 0 Å². The maximum Gasteiger partial charge on any atom is 0.407 e. The molecule has 1 aromatic rings. The average Bonchev–Trinajstić information content (AvgIpc) is 2.08. The first kappa shape index (κ1) is 12.5. The zero-order chi connectivity index (χ0) is 11.8. The van der Waals surface area contributed by atoms with Gasteiger partial charge in [-0.2, -0.15) is 13.2 Å². The van der Waals surface area contributed by atoms with Crippen LogP contribution in [0.2, 0.25) is 10.0 Å². The molecule has 7 heteroatoms. The van der Waals surface area contributed by atoms with E-state index >= 15 is 0 Å². The fourth-order valence-corrected chi connectivity index (χ4v) is 1.42. The van der Waals surface area contributed by atoms with Gasteiger partial charge in [-0.25, -0.2) is 4.39 Å². The molecule has 0 aromatic heterocycles. The van der Waals surface area contributed by atoms with Crippen LogP contribution in [0, 0.1) is 5.82 Å². The minimum absolute atomic E-state index is 0.188. The molecular formula is C8H5Cl2F4N. The van der Waals surface area contributed by atoms with Gasteiger partial charge in [0.15, 0.2) is 0 Å². The predicted octanol–water partition coefficient (Wildman–Crippen LogP) is 3.69. The lowest BCUT2D eigenvalue weighted by atomic mass is 10.1. The van der Waals surface area contributed by atoms with Gasteiger partial charge in [0.1, 0.15) is 11.9 Å². The Balaban J connectivity index is 3.25. The largest absolute Gasteiger partial charge is 0.407 e. The molecule has 0 aliphatic heterocycles. The quantitative estimate of drug-likeness (QED) is 0.606. The monoisotopic (exact) mass is 261 g/mol. The van der Waals surface area contributed by atoms with Crippen molar-refractivity contribution in [1.82, 2.24) is 0 Å². The van der Waals surface area contributed by atoms with Crippen LogP contribution >= 0.6 is 23.2 Å². The van der Waals surface area contributed by atoms with E-state index in [-0.39, 0.29) is 5.02 Å². The van der Waals surface area contributed by atoms with E-state index < -0.39 is 28.6 Å². The number of alkyl halides is 3. The van der Waals surface area contributed by atoms with E-state index in [4.69, 9.17) is 28.9 Å². The predicted molar refractivity (Wildman–Crippen MR) is 49.4 cm³/mol. The summed E-state index contributed by atoms with van der Waals surface area (Å²) in [5.41, 5.74) is 4.30. The molecule has 0 unspecified atom stereocenters. The first-order chi connectivity index (χ1) is 6.73. The van der Waals surface area contributed by atoms with Gasteiger partial charge < -0.3 is 5.73 Å². The van der Waals surface area contributed by atoms with Crippen molar-refractivity contribution in [2.45, 2.75) is 12.2 Å². The van der Waals surface area contributed by atoms with Crippen LogP contribution in [0.25, 0.3) is 0 Å². The maximum absolute atomic E-state index is 12.9. The normalized spacial score (nSPS) is 14.1. The van der Waals surface area contributed by atoms with Gasteiger partial charge in [-0.1, -0.05) is 23.2 Å². The lowest BCUT2D eigenvalue weighted by Gasteiger charge is -2.17. The maximum atomic E-state index is 12.9. The van der Waals surface area contributed by atoms with Crippen molar-refractivity contribution in [1.29, 1.82) is 0 Å². The molecule has 0 fully saturated rings. The minimum Gasteiger partial charge on any atom is -0.316 e. The number of hydrogen-bond acceptors (Lipinski definition) is 1. The summed E-state index contributed by atoms with van der Waals surface area (Å²) in [4.78, 5) is 0. The Bertz CT molecular complexity index is 378. The second-order valence-electron chi connectivity index (χ2n) is 2.81. The Morgan fingerprint density at radius 3 is 2.20 bits per heavy atom. The van der Waals surface area contributed by atoms with E-state index in [1.165, 1.54) is 0 Å². The fourth-order valence-electron chi connectivity index (χ4n) is 0.979. The minimum atomic E-state index is -4.69. The zero-order valence-corrected chi connectivity index (χ0v) is 8.59. The Kier molecular flexibility index (Phi) is 3.48. The van der Waals surface area contributed by atoms with Gasteiger partial charge >= 0.3 is 6.18 Å². The Hall–Kier alpha value is -0.520. The van der Waals surface area contributed by atoms with Gasteiger partial charge in [0, 0.05) is 10.6 Å². The Labute approximate surface area is 92.8 Å². The summed E-state index contributed by atoms with van der Waals surface area (Å²) in [5.74, 6) is -1.03. The van der Waals surface area contributed by atoms with Gasteiger partial charge in [0.05, 0.1) is 5.02 Å². The highest BCUT2D eigenvalue weighted by atomic mass is 35.5. The molecular weight excluding hydrogens is 257 g/mol. The first-order valence-corrected chi connectivity index (χ1v) is 4.46. The van der Waals surface area contributed by atoms with E-state index in [2.05, 4.69) is 0 Å².